The number of aromatic nitrogens is 8. The molecule has 0 atom stereocenters. The van der Waals surface area contributed by atoms with E-state index in [0.717, 1.165) is 159 Å². The van der Waals surface area contributed by atoms with E-state index in [4.69, 9.17) is 17.7 Å². The second-order valence-corrected chi connectivity index (χ2v) is 38.0. The largest absolute Gasteiger partial charge is 0.437 e. The fraction of sp³-hybridized carbons (Fsp3) is 0.292. The van der Waals surface area contributed by atoms with E-state index in [2.05, 4.69) is 283 Å². The Morgan fingerprint density at radius 2 is 0.557 bits per heavy atom. The number of pyridine rings is 8. The molecule has 8 aromatic carbocycles. The van der Waals surface area contributed by atoms with E-state index >= 15 is 0 Å². The van der Waals surface area contributed by atoms with Gasteiger partial charge in [0.25, 0.3) is 0 Å². The maximum atomic E-state index is 13.7. The van der Waals surface area contributed by atoms with E-state index in [1.165, 1.54) is 94.9 Å². The van der Waals surface area contributed by atoms with Crippen LogP contribution in [0.25, 0.3) is 177 Å². The average molecular weight is 1760 g/mol. The van der Waals surface area contributed by atoms with Crippen LogP contribution in [0.15, 0.2) is 212 Å². The standard InChI is InChI=1S/C29H25F6N2O.C29H31N2O.C28H29N2O.C27H27N2O/c1-15-13-21-20-10-9-16(2)36-26(20)38-25(21)24(17(15)3)23-12-11-19-18(7-6-8-22(19)37(23)5)14-27(4,28(30,31)32)29(33,34)35;1-17-15-23-22-12-11-18(2)30-28(22)32-27(23)26(19(17)3)25-14-13-21-20(16-29(4,5)6)9-8-10-24(21)31(25)7;1-16(2)14-20-8-7-9-24-21(20)12-13-25(30(24)6)26-19(5)17(3)15-23-22-11-10-18(4)29-28(22)31-27(23)26;1-6-8-19-9-7-10-23-20(19)13-14-24(29(23)5)25-18(4)16(2)15-22-21-12-11-17(3)28-27(21)30-26(22)25/h6-13H,14H2,1-5H3;8-15H,16H2,1-7H3;7-13,15-16H,14H2,1-6H3;7,9-15H,6,8H2,1-5H3/q4*+1. The van der Waals surface area contributed by atoms with Gasteiger partial charge in [-0.15, -0.1) is 0 Å². The van der Waals surface area contributed by atoms with Gasteiger partial charge in [-0.2, -0.15) is 44.6 Å². The van der Waals surface area contributed by atoms with Gasteiger partial charge in [0.15, 0.2) is 27.7 Å². The first-order valence-electron chi connectivity index (χ1n) is 45.1. The highest BCUT2D eigenvalue weighted by Gasteiger charge is 2.67. The number of alkyl halides is 6. The van der Waals surface area contributed by atoms with Crippen molar-refractivity contribution in [3.63, 3.8) is 0 Å². The summed E-state index contributed by atoms with van der Waals surface area (Å²) < 4.78 is 116. The topological polar surface area (TPSA) is 120 Å². The quantitative estimate of drug-likeness (QED) is 0.0928. The second kappa shape index (κ2) is 33.9. The van der Waals surface area contributed by atoms with E-state index < -0.39 is 24.2 Å². The number of furan rings is 4. The second-order valence-electron chi connectivity index (χ2n) is 38.0. The summed E-state index contributed by atoms with van der Waals surface area (Å²) in [6.07, 6.45) is -7.78. The number of nitrogens with zero attached hydrogens (tertiary/aromatic N) is 8. The third-order valence-corrected chi connectivity index (χ3v) is 27.1. The van der Waals surface area contributed by atoms with Gasteiger partial charge in [0.1, 0.15) is 28.2 Å². The molecular weight excluding hydrogens is 1650 g/mol. The van der Waals surface area contributed by atoms with Crippen LogP contribution in [0.2, 0.25) is 0 Å². The molecule has 0 aliphatic carbocycles. The first kappa shape index (κ1) is 89.7. The summed E-state index contributed by atoms with van der Waals surface area (Å²) >= 11 is 0. The van der Waals surface area contributed by atoms with Crippen LogP contribution >= 0.6 is 0 Å². The maximum absolute atomic E-state index is 13.7. The molecule has 0 saturated heterocycles. The number of hydrogen-bond donors (Lipinski definition) is 0. The summed E-state index contributed by atoms with van der Waals surface area (Å²) in [5, 5.41) is 12.7. The highest BCUT2D eigenvalue weighted by atomic mass is 19.4. The van der Waals surface area contributed by atoms with Crippen molar-refractivity contribution in [2.75, 3.05) is 0 Å². The lowest BCUT2D eigenvalue weighted by molar-refractivity contribution is -0.633. The van der Waals surface area contributed by atoms with E-state index in [1.54, 1.807) is 29.8 Å². The van der Waals surface area contributed by atoms with Gasteiger partial charge < -0.3 is 17.7 Å². The molecule has 20 aromatic rings. The van der Waals surface area contributed by atoms with E-state index in [0.29, 0.717) is 51.0 Å². The van der Waals surface area contributed by atoms with Gasteiger partial charge in [-0.05, 0) is 291 Å². The van der Waals surface area contributed by atoms with Gasteiger partial charge in [0.2, 0.25) is 67.7 Å². The SMILES string of the molecule is CCCc1cccc2c1ccc(-c1c(C)c(C)cc3c1oc1nc(C)ccc13)[n+]2C.Cc1ccc2c(n1)oc1c(-c3ccc4c(CC(C)(C(F)(F)F)C(F)(F)F)cccc4[n+]3C)c(C)c(C)cc12.Cc1ccc2c(n1)oc1c(-c3ccc4c(CC(C)(C)C)cccc4[n+]3C)c(C)c(C)cc12.Cc1ccc2c(n1)oc1c(-c3ccc4c(CC(C)C)cccc4[n+]3C)c(C)c(C)cc12. The average Bonchev–Trinajstić information content (AvgIpc) is 1.61. The Kier molecular flexibility index (Phi) is 23.2. The summed E-state index contributed by atoms with van der Waals surface area (Å²) in [7, 11) is 8.23. The number of aryl methyl sites for hydroxylation is 13. The zero-order valence-corrected chi connectivity index (χ0v) is 79.1. The van der Waals surface area contributed by atoms with Gasteiger partial charge in [0, 0.05) is 136 Å². The Hall–Kier alpha value is -13.2. The molecule has 0 amide bonds. The van der Waals surface area contributed by atoms with Gasteiger partial charge in [-0.3, -0.25) is 0 Å². The summed E-state index contributed by atoms with van der Waals surface area (Å²) in [6, 6.07) is 66.4. The molecule has 666 valence electrons. The van der Waals surface area contributed by atoms with Crippen LogP contribution in [-0.4, -0.2) is 32.3 Å². The Bertz CT molecular complexity index is 8040. The third-order valence-electron chi connectivity index (χ3n) is 27.1. The minimum atomic E-state index is -5.46. The predicted molar refractivity (Wildman–Crippen MR) is 519 cm³/mol. The van der Waals surface area contributed by atoms with Crippen molar-refractivity contribution in [2.45, 2.75) is 176 Å². The Morgan fingerprint density at radius 1 is 0.305 bits per heavy atom. The van der Waals surface area contributed by atoms with Crippen LogP contribution in [0.4, 0.5) is 26.3 Å². The van der Waals surface area contributed by atoms with Crippen molar-refractivity contribution in [2.24, 2.45) is 44.9 Å². The molecule has 0 saturated carbocycles. The van der Waals surface area contributed by atoms with E-state index in [9.17, 15) is 26.3 Å². The number of rotatable bonds is 11. The first-order valence-corrected chi connectivity index (χ1v) is 45.1. The molecule has 0 aliphatic rings. The van der Waals surface area contributed by atoms with Gasteiger partial charge in [0.05, 0.1) is 22.3 Å². The molecule has 0 radical (unpaired) electrons. The van der Waals surface area contributed by atoms with Crippen LogP contribution in [0.3, 0.4) is 0 Å². The first-order chi connectivity index (χ1) is 62.1. The lowest BCUT2D eigenvalue weighted by Crippen LogP contribution is -2.49. The molecule has 12 heterocycles. The molecule has 0 spiro atoms. The normalized spacial score (nSPS) is 12.4. The minimum absolute atomic E-state index is 0.0312. The zero-order valence-electron chi connectivity index (χ0n) is 79.1. The van der Waals surface area contributed by atoms with Gasteiger partial charge >= 0.3 is 12.4 Å². The number of benzene rings is 8. The number of hydrogen-bond acceptors (Lipinski definition) is 8. The fourth-order valence-corrected chi connectivity index (χ4v) is 19.4. The smallest absolute Gasteiger partial charge is 0.403 e. The highest BCUT2D eigenvalue weighted by molar-refractivity contribution is 6.13. The maximum Gasteiger partial charge on any atom is 0.403 e. The van der Waals surface area contributed by atoms with Crippen LogP contribution in [0.1, 0.15) is 144 Å². The van der Waals surface area contributed by atoms with Crippen LogP contribution in [0, 0.1) is 99.8 Å². The van der Waals surface area contributed by atoms with Crippen LogP contribution < -0.4 is 18.3 Å². The van der Waals surface area contributed by atoms with Crippen molar-refractivity contribution < 1.29 is 62.3 Å². The number of fused-ring (bicyclic) bond motifs is 16. The Balaban J connectivity index is 0.000000123. The molecule has 12 nitrogen and oxygen atoms in total. The molecule has 0 fully saturated rings. The van der Waals surface area contributed by atoms with E-state index in [-0.39, 0.29) is 17.9 Å². The molecule has 0 bridgehead atoms. The lowest BCUT2D eigenvalue weighted by Gasteiger charge is -2.34. The van der Waals surface area contributed by atoms with Crippen molar-refractivity contribution >= 4 is 132 Å². The minimum Gasteiger partial charge on any atom is -0.437 e. The molecule has 131 heavy (non-hydrogen) atoms. The summed E-state index contributed by atoms with van der Waals surface area (Å²) in [4.78, 5) is 18.4. The molecular formula is C113H112F6N8O4+4. The lowest BCUT2D eigenvalue weighted by atomic mass is 9.81. The summed E-state index contributed by atoms with van der Waals surface area (Å²) in [6.45, 7) is 38.8. The number of halogens is 6. The molecule has 0 unspecified atom stereocenters. The van der Waals surface area contributed by atoms with Crippen molar-refractivity contribution in [3.8, 4) is 45.0 Å². The van der Waals surface area contributed by atoms with Crippen LogP contribution in [0.5, 0.6) is 0 Å². The van der Waals surface area contributed by atoms with Crippen molar-refractivity contribution in [1.29, 1.82) is 0 Å². The third kappa shape index (κ3) is 16.0. The van der Waals surface area contributed by atoms with E-state index in [1.807, 2.05) is 59.7 Å². The zero-order chi connectivity index (χ0) is 93.4. The summed E-state index contributed by atoms with van der Waals surface area (Å²) in [5.41, 5.74) is 32.4. The van der Waals surface area contributed by atoms with Crippen molar-refractivity contribution in [1.82, 2.24) is 19.9 Å². The molecule has 18 heteroatoms. The molecule has 20 rings (SSSR count). The van der Waals surface area contributed by atoms with Crippen molar-refractivity contribution in [3.05, 3.63) is 284 Å². The molecule has 0 N–H and O–H groups in total. The van der Waals surface area contributed by atoms with Gasteiger partial charge in [-0.1, -0.05) is 96.5 Å². The van der Waals surface area contributed by atoms with Gasteiger partial charge in [-0.25, -0.2) is 19.9 Å². The Labute approximate surface area is 759 Å². The highest BCUT2D eigenvalue weighted by Crippen LogP contribution is 2.53. The van der Waals surface area contributed by atoms with Crippen LogP contribution in [-0.2, 0) is 53.9 Å². The predicted octanol–water partition coefficient (Wildman–Crippen LogP) is 28.6. The fourth-order valence-electron chi connectivity index (χ4n) is 19.4. The molecule has 12 aromatic heterocycles. The summed E-state index contributed by atoms with van der Waals surface area (Å²) in [5.74, 6) is 0.626. The Morgan fingerprint density at radius 3 is 0.824 bits per heavy atom. The monoisotopic (exact) mass is 1760 g/mol. The molecule has 0 aliphatic heterocycles.